The highest BCUT2D eigenvalue weighted by Crippen LogP contribution is 2.32. The number of aromatic nitrogens is 8. The van der Waals surface area contributed by atoms with Crippen molar-refractivity contribution >= 4 is 22.1 Å². The van der Waals surface area contributed by atoms with E-state index in [2.05, 4.69) is 35.1 Å². The number of halogens is 1. The zero-order valence-electron chi connectivity index (χ0n) is 17.2. The first-order chi connectivity index (χ1) is 16.2. The van der Waals surface area contributed by atoms with Crippen molar-refractivity contribution in [2.75, 3.05) is 7.11 Å². The SMILES string of the molecule is COc1cc(F)cc(-c2nccc3[nH]c(-c4n[nH]c5ncc(-c6cnccn6)cc45)nc23)c1. The largest absolute Gasteiger partial charge is 0.497 e. The number of pyridine rings is 2. The van der Waals surface area contributed by atoms with Gasteiger partial charge in [0.25, 0.3) is 0 Å². The maximum atomic E-state index is 14.1. The molecule has 0 bridgehead atoms. The van der Waals surface area contributed by atoms with E-state index >= 15 is 0 Å². The minimum absolute atomic E-state index is 0.403. The van der Waals surface area contributed by atoms with Crippen LogP contribution in [-0.2, 0) is 0 Å². The molecular formula is C23H15FN8O. The van der Waals surface area contributed by atoms with E-state index in [1.54, 1.807) is 37.1 Å². The van der Waals surface area contributed by atoms with Crippen LogP contribution in [0.1, 0.15) is 0 Å². The van der Waals surface area contributed by atoms with E-state index < -0.39 is 5.82 Å². The number of ether oxygens (including phenoxy) is 1. The first kappa shape index (κ1) is 19.0. The average Bonchev–Trinajstić information content (AvgIpc) is 3.47. The minimum Gasteiger partial charge on any atom is -0.497 e. The zero-order valence-corrected chi connectivity index (χ0v) is 17.2. The van der Waals surface area contributed by atoms with Gasteiger partial charge in [-0.3, -0.25) is 20.1 Å². The number of imidazole rings is 1. The van der Waals surface area contributed by atoms with Gasteiger partial charge < -0.3 is 9.72 Å². The smallest absolute Gasteiger partial charge is 0.159 e. The van der Waals surface area contributed by atoms with E-state index in [1.807, 2.05) is 12.1 Å². The molecule has 1 aromatic carbocycles. The maximum absolute atomic E-state index is 14.1. The molecule has 6 aromatic rings. The summed E-state index contributed by atoms with van der Waals surface area (Å²) in [6.07, 6.45) is 8.28. The van der Waals surface area contributed by atoms with Crippen molar-refractivity contribution in [3.8, 4) is 39.8 Å². The lowest BCUT2D eigenvalue weighted by molar-refractivity contribution is 0.411. The van der Waals surface area contributed by atoms with Gasteiger partial charge in [-0.25, -0.2) is 14.4 Å². The van der Waals surface area contributed by atoms with Gasteiger partial charge in [0.2, 0.25) is 0 Å². The predicted octanol–water partition coefficient (Wildman–Crippen LogP) is 4.17. The fourth-order valence-electron chi connectivity index (χ4n) is 3.75. The fraction of sp³-hybridized carbons (Fsp3) is 0.0435. The third kappa shape index (κ3) is 3.24. The second-order valence-corrected chi connectivity index (χ2v) is 7.30. The minimum atomic E-state index is -0.417. The van der Waals surface area contributed by atoms with E-state index in [4.69, 9.17) is 9.72 Å². The van der Waals surface area contributed by atoms with Crippen LogP contribution in [0.25, 0.3) is 56.1 Å². The Kier molecular flexibility index (Phi) is 4.29. The van der Waals surface area contributed by atoms with E-state index in [0.717, 1.165) is 16.5 Å². The molecule has 0 aliphatic rings. The van der Waals surface area contributed by atoms with Crippen LogP contribution in [0.15, 0.2) is 61.3 Å². The third-order valence-electron chi connectivity index (χ3n) is 5.28. The first-order valence-corrected chi connectivity index (χ1v) is 10.00. The first-order valence-electron chi connectivity index (χ1n) is 10.00. The Morgan fingerprint density at radius 3 is 2.70 bits per heavy atom. The van der Waals surface area contributed by atoms with Gasteiger partial charge in [-0.05, 0) is 24.3 Å². The van der Waals surface area contributed by atoms with Crippen LogP contribution in [0.4, 0.5) is 4.39 Å². The Morgan fingerprint density at radius 2 is 1.85 bits per heavy atom. The van der Waals surface area contributed by atoms with Gasteiger partial charge in [0.1, 0.15) is 22.8 Å². The van der Waals surface area contributed by atoms with Crippen molar-refractivity contribution in [2.24, 2.45) is 0 Å². The molecule has 0 amide bonds. The number of hydrogen-bond acceptors (Lipinski definition) is 7. The molecule has 0 saturated carbocycles. The lowest BCUT2D eigenvalue weighted by atomic mass is 10.1. The van der Waals surface area contributed by atoms with Gasteiger partial charge in [-0.2, -0.15) is 5.10 Å². The highest BCUT2D eigenvalue weighted by molar-refractivity contribution is 5.96. The number of fused-ring (bicyclic) bond motifs is 2. The molecule has 0 aliphatic heterocycles. The molecule has 0 spiro atoms. The molecule has 0 radical (unpaired) electrons. The second kappa shape index (κ2) is 7.45. The third-order valence-corrected chi connectivity index (χ3v) is 5.28. The van der Waals surface area contributed by atoms with Crippen molar-refractivity contribution in [2.45, 2.75) is 0 Å². The molecule has 2 N–H and O–H groups in total. The lowest BCUT2D eigenvalue weighted by Gasteiger charge is -2.05. The van der Waals surface area contributed by atoms with E-state index in [1.165, 1.54) is 19.2 Å². The number of aromatic amines is 2. The average molecular weight is 438 g/mol. The Hall–Kier alpha value is -4.73. The zero-order chi connectivity index (χ0) is 22.4. The number of benzene rings is 1. The molecule has 10 heteroatoms. The van der Waals surface area contributed by atoms with E-state index in [-0.39, 0.29) is 0 Å². The van der Waals surface area contributed by atoms with Crippen molar-refractivity contribution in [3.05, 3.63) is 67.1 Å². The summed E-state index contributed by atoms with van der Waals surface area (Å²) < 4.78 is 19.3. The van der Waals surface area contributed by atoms with Crippen LogP contribution in [0.3, 0.4) is 0 Å². The molecule has 0 unspecified atom stereocenters. The van der Waals surface area contributed by atoms with Crippen molar-refractivity contribution in [3.63, 3.8) is 0 Å². The van der Waals surface area contributed by atoms with Crippen LogP contribution in [-0.4, -0.2) is 47.2 Å². The molecule has 0 saturated heterocycles. The molecule has 0 fully saturated rings. The van der Waals surface area contributed by atoms with Gasteiger partial charge >= 0.3 is 0 Å². The number of nitrogens with zero attached hydrogens (tertiary/aromatic N) is 6. The van der Waals surface area contributed by atoms with Crippen LogP contribution >= 0.6 is 0 Å². The highest BCUT2D eigenvalue weighted by Gasteiger charge is 2.18. The van der Waals surface area contributed by atoms with Gasteiger partial charge in [0.15, 0.2) is 11.5 Å². The van der Waals surface area contributed by atoms with E-state index in [9.17, 15) is 4.39 Å². The quantitative estimate of drug-likeness (QED) is 0.424. The second-order valence-electron chi connectivity index (χ2n) is 7.30. The van der Waals surface area contributed by atoms with Crippen molar-refractivity contribution in [1.82, 2.24) is 40.1 Å². The van der Waals surface area contributed by atoms with Crippen LogP contribution in [0.2, 0.25) is 0 Å². The molecule has 9 nitrogen and oxygen atoms in total. The topological polar surface area (TPSA) is 118 Å². The summed E-state index contributed by atoms with van der Waals surface area (Å²) in [6.45, 7) is 0. The summed E-state index contributed by atoms with van der Waals surface area (Å²) in [5.74, 6) is 0.521. The Bertz CT molecular complexity index is 1630. The standard InChI is InChI=1S/C23H15FN8O/c1-33-15-7-12(6-14(24)9-15)19-21-17(2-3-27-19)29-23(30-21)20-16-8-13(10-28-22(16)32-31-20)18-11-25-4-5-26-18/h2-11H,1H3,(H,29,30)(H,28,31,32). The van der Waals surface area contributed by atoms with Crippen molar-refractivity contribution < 1.29 is 9.13 Å². The lowest BCUT2D eigenvalue weighted by Crippen LogP contribution is -1.90. The van der Waals surface area contributed by atoms with E-state index in [0.29, 0.717) is 45.4 Å². The van der Waals surface area contributed by atoms with Gasteiger partial charge in [-0.15, -0.1) is 0 Å². The Labute approximate surface area is 185 Å². The highest BCUT2D eigenvalue weighted by atomic mass is 19.1. The number of nitrogens with one attached hydrogen (secondary N) is 2. The molecule has 6 rings (SSSR count). The molecule has 5 aromatic heterocycles. The molecular weight excluding hydrogens is 423 g/mol. The number of hydrogen-bond donors (Lipinski definition) is 2. The normalized spacial score (nSPS) is 11.3. The summed E-state index contributed by atoms with van der Waals surface area (Å²) in [5.41, 5.74) is 5.16. The van der Waals surface area contributed by atoms with Crippen LogP contribution in [0, 0.1) is 5.82 Å². The molecule has 33 heavy (non-hydrogen) atoms. The summed E-state index contributed by atoms with van der Waals surface area (Å²) in [7, 11) is 1.49. The van der Waals surface area contributed by atoms with Gasteiger partial charge in [0.05, 0.1) is 35.6 Å². The monoisotopic (exact) mass is 438 g/mol. The summed E-state index contributed by atoms with van der Waals surface area (Å²) in [6, 6.07) is 8.19. The predicted molar refractivity (Wildman–Crippen MR) is 120 cm³/mol. The molecule has 5 heterocycles. The fourth-order valence-corrected chi connectivity index (χ4v) is 3.75. The summed E-state index contributed by atoms with van der Waals surface area (Å²) in [5, 5.41) is 8.14. The summed E-state index contributed by atoms with van der Waals surface area (Å²) in [4.78, 5) is 25.4. The maximum Gasteiger partial charge on any atom is 0.159 e. The van der Waals surface area contributed by atoms with Gasteiger partial charge in [-0.1, -0.05) is 0 Å². The summed E-state index contributed by atoms with van der Waals surface area (Å²) >= 11 is 0. The number of methoxy groups -OCH3 is 1. The molecule has 0 aliphatic carbocycles. The van der Waals surface area contributed by atoms with Crippen molar-refractivity contribution in [1.29, 1.82) is 0 Å². The number of rotatable bonds is 4. The van der Waals surface area contributed by atoms with Crippen LogP contribution in [0.5, 0.6) is 5.75 Å². The molecule has 0 atom stereocenters. The number of H-pyrrole nitrogens is 2. The van der Waals surface area contributed by atoms with Gasteiger partial charge in [0, 0.05) is 42.0 Å². The van der Waals surface area contributed by atoms with Crippen LogP contribution < -0.4 is 4.74 Å². The Balaban J connectivity index is 1.50. The Morgan fingerprint density at radius 1 is 0.909 bits per heavy atom. The molecule has 160 valence electrons.